The summed E-state index contributed by atoms with van der Waals surface area (Å²) in [7, 11) is 0. The lowest BCUT2D eigenvalue weighted by Gasteiger charge is -2.33. The molecule has 1 aromatic rings. The monoisotopic (exact) mass is 215 g/mol. The number of allylic oxidation sites excluding steroid dienone is 1. The van der Waals surface area contributed by atoms with Gasteiger partial charge in [-0.1, -0.05) is 50.3 Å². The third kappa shape index (κ3) is 2.19. The van der Waals surface area contributed by atoms with E-state index in [1.807, 2.05) is 0 Å². The Kier molecular flexibility index (Phi) is 3.45. The van der Waals surface area contributed by atoms with E-state index in [9.17, 15) is 0 Å². The zero-order valence-corrected chi connectivity index (χ0v) is 10.3. The largest absolute Gasteiger partial charge is 0.316 e. The van der Waals surface area contributed by atoms with Crippen LogP contribution in [0, 0.1) is 0 Å². The van der Waals surface area contributed by atoms with Gasteiger partial charge in [-0.3, -0.25) is 0 Å². The Morgan fingerprint density at radius 3 is 2.94 bits per heavy atom. The number of hydrogen-bond donors (Lipinski definition) is 1. The van der Waals surface area contributed by atoms with Crippen LogP contribution < -0.4 is 5.32 Å². The van der Waals surface area contributed by atoms with Crippen LogP contribution in [0.4, 0.5) is 0 Å². The third-order valence-electron chi connectivity index (χ3n) is 3.42. The summed E-state index contributed by atoms with van der Waals surface area (Å²) in [5.41, 5.74) is 3.14. The fraction of sp³-hybridized carbons (Fsp3) is 0.467. The van der Waals surface area contributed by atoms with E-state index >= 15 is 0 Å². The van der Waals surface area contributed by atoms with Crippen molar-refractivity contribution in [2.24, 2.45) is 0 Å². The average Bonchev–Trinajstić information content (AvgIpc) is 2.30. The molecule has 0 aliphatic heterocycles. The van der Waals surface area contributed by atoms with Crippen LogP contribution in [0.1, 0.15) is 37.8 Å². The second kappa shape index (κ2) is 4.84. The number of nitrogens with one attached hydrogen (secondary N) is 1. The quantitative estimate of drug-likeness (QED) is 0.759. The van der Waals surface area contributed by atoms with E-state index in [1.54, 1.807) is 0 Å². The first-order valence-electron chi connectivity index (χ1n) is 6.23. The van der Waals surface area contributed by atoms with E-state index in [4.69, 9.17) is 0 Å². The Morgan fingerprint density at radius 2 is 2.12 bits per heavy atom. The van der Waals surface area contributed by atoms with Crippen molar-refractivity contribution in [2.75, 3.05) is 13.1 Å². The van der Waals surface area contributed by atoms with Crippen LogP contribution >= 0.6 is 0 Å². The summed E-state index contributed by atoms with van der Waals surface area (Å²) in [5, 5.41) is 3.55. The highest BCUT2D eigenvalue weighted by Gasteiger charge is 2.28. The molecule has 2 rings (SSSR count). The van der Waals surface area contributed by atoms with Crippen LogP contribution in [0.5, 0.6) is 0 Å². The standard InChI is InChI=1S/C15H21N/c1-3-11-16-12-15(2)10-6-8-13-7-4-5-9-14(13)15/h4-9,16H,3,10-12H2,1-2H3. The summed E-state index contributed by atoms with van der Waals surface area (Å²) >= 11 is 0. The Bertz CT molecular complexity index is 381. The van der Waals surface area contributed by atoms with Gasteiger partial charge in [0.15, 0.2) is 0 Å². The van der Waals surface area contributed by atoms with Gasteiger partial charge in [-0.05, 0) is 30.5 Å². The minimum absolute atomic E-state index is 0.264. The Hall–Kier alpha value is -1.08. The molecule has 0 spiro atoms. The van der Waals surface area contributed by atoms with Gasteiger partial charge in [-0.2, -0.15) is 0 Å². The number of rotatable bonds is 4. The van der Waals surface area contributed by atoms with Crippen LogP contribution in [-0.2, 0) is 5.41 Å². The molecule has 0 heterocycles. The van der Waals surface area contributed by atoms with E-state index in [0.29, 0.717) is 0 Å². The van der Waals surface area contributed by atoms with Gasteiger partial charge in [0.2, 0.25) is 0 Å². The summed E-state index contributed by atoms with van der Waals surface area (Å²) in [6.07, 6.45) is 6.89. The average molecular weight is 215 g/mol. The SMILES string of the molecule is CCCNCC1(C)CC=Cc2ccccc21. The molecular weight excluding hydrogens is 194 g/mol. The molecule has 0 bridgehead atoms. The van der Waals surface area contributed by atoms with Crippen molar-refractivity contribution < 1.29 is 0 Å². The van der Waals surface area contributed by atoms with Crippen molar-refractivity contribution in [1.82, 2.24) is 5.32 Å². The predicted molar refractivity (Wildman–Crippen MR) is 70.6 cm³/mol. The lowest BCUT2D eigenvalue weighted by molar-refractivity contribution is 0.432. The van der Waals surface area contributed by atoms with Gasteiger partial charge in [0.05, 0.1) is 0 Å². The molecule has 1 heteroatoms. The van der Waals surface area contributed by atoms with Gasteiger partial charge >= 0.3 is 0 Å². The molecule has 0 fully saturated rings. The highest BCUT2D eigenvalue weighted by molar-refractivity contribution is 5.59. The molecule has 1 unspecified atom stereocenters. The molecule has 0 saturated carbocycles. The Labute approximate surface area is 98.6 Å². The second-order valence-corrected chi connectivity index (χ2v) is 4.93. The highest BCUT2D eigenvalue weighted by atomic mass is 14.9. The molecule has 86 valence electrons. The smallest absolute Gasteiger partial charge is 0.00899 e. The maximum atomic E-state index is 3.55. The van der Waals surface area contributed by atoms with E-state index in [-0.39, 0.29) is 5.41 Å². The second-order valence-electron chi connectivity index (χ2n) is 4.93. The van der Waals surface area contributed by atoms with Gasteiger partial charge in [-0.25, -0.2) is 0 Å². The van der Waals surface area contributed by atoms with Gasteiger partial charge in [0, 0.05) is 12.0 Å². The van der Waals surface area contributed by atoms with Crippen LogP contribution in [0.2, 0.25) is 0 Å². The maximum absolute atomic E-state index is 3.55. The molecule has 0 saturated heterocycles. The zero-order valence-electron chi connectivity index (χ0n) is 10.3. The fourth-order valence-electron chi connectivity index (χ4n) is 2.46. The summed E-state index contributed by atoms with van der Waals surface area (Å²) in [5.74, 6) is 0. The summed E-state index contributed by atoms with van der Waals surface area (Å²) < 4.78 is 0. The van der Waals surface area contributed by atoms with Crippen molar-refractivity contribution in [3.8, 4) is 0 Å². The summed E-state index contributed by atoms with van der Waals surface area (Å²) in [4.78, 5) is 0. The number of benzene rings is 1. The molecule has 1 aliphatic carbocycles. The van der Waals surface area contributed by atoms with Crippen LogP contribution in [0.3, 0.4) is 0 Å². The van der Waals surface area contributed by atoms with Crippen LogP contribution in [0.15, 0.2) is 30.3 Å². The van der Waals surface area contributed by atoms with Gasteiger partial charge in [0.1, 0.15) is 0 Å². The van der Waals surface area contributed by atoms with Crippen molar-refractivity contribution in [3.05, 3.63) is 41.5 Å². The molecule has 1 nitrogen and oxygen atoms in total. The Balaban J connectivity index is 2.19. The summed E-state index contributed by atoms with van der Waals surface area (Å²) in [6.45, 7) is 6.76. The van der Waals surface area contributed by atoms with Gasteiger partial charge < -0.3 is 5.32 Å². The third-order valence-corrected chi connectivity index (χ3v) is 3.42. The molecule has 1 atom stereocenters. The zero-order chi connectivity index (χ0) is 11.4. The molecule has 1 N–H and O–H groups in total. The van der Waals surface area contributed by atoms with Crippen molar-refractivity contribution in [3.63, 3.8) is 0 Å². The Morgan fingerprint density at radius 1 is 1.31 bits per heavy atom. The van der Waals surface area contributed by atoms with Crippen molar-refractivity contribution >= 4 is 6.08 Å². The van der Waals surface area contributed by atoms with Gasteiger partial charge in [0.25, 0.3) is 0 Å². The van der Waals surface area contributed by atoms with Crippen LogP contribution in [-0.4, -0.2) is 13.1 Å². The minimum atomic E-state index is 0.264. The first kappa shape index (κ1) is 11.4. The molecule has 1 aliphatic rings. The highest BCUT2D eigenvalue weighted by Crippen LogP contribution is 2.34. The van der Waals surface area contributed by atoms with E-state index in [0.717, 1.165) is 19.5 Å². The first-order chi connectivity index (χ1) is 7.76. The number of fused-ring (bicyclic) bond motifs is 1. The lowest BCUT2D eigenvalue weighted by atomic mass is 9.74. The van der Waals surface area contributed by atoms with E-state index < -0.39 is 0 Å². The number of hydrogen-bond acceptors (Lipinski definition) is 1. The van der Waals surface area contributed by atoms with E-state index in [2.05, 4.69) is 55.6 Å². The molecule has 16 heavy (non-hydrogen) atoms. The molecule has 1 aromatic carbocycles. The predicted octanol–water partition coefficient (Wildman–Crippen LogP) is 3.36. The first-order valence-corrected chi connectivity index (χ1v) is 6.23. The topological polar surface area (TPSA) is 12.0 Å². The molecule has 0 aromatic heterocycles. The molecule has 0 amide bonds. The lowest BCUT2D eigenvalue weighted by Crippen LogP contribution is -2.37. The van der Waals surface area contributed by atoms with Crippen LogP contribution in [0.25, 0.3) is 6.08 Å². The van der Waals surface area contributed by atoms with E-state index in [1.165, 1.54) is 17.5 Å². The maximum Gasteiger partial charge on any atom is 0.00899 e. The molecule has 0 radical (unpaired) electrons. The fourth-order valence-corrected chi connectivity index (χ4v) is 2.46. The van der Waals surface area contributed by atoms with Crippen molar-refractivity contribution in [1.29, 1.82) is 0 Å². The normalized spacial score (nSPS) is 23.1. The summed E-state index contributed by atoms with van der Waals surface area (Å²) in [6, 6.07) is 8.75. The minimum Gasteiger partial charge on any atom is -0.316 e. The molecular formula is C15H21N. The van der Waals surface area contributed by atoms with Crippen molar-refractivity contribution in [2.45, 2.75) is 32.1 Å². The van der Waals surface area contributed by atoms with Gasteiger partial charge in [-0.15, -0.1) is 0 Å².